The van der Waals surface area contributed by atoms with Gasteiger partial charge in [0.05, 0.1) is 13.5 Å². The molecule has 0 aromatic heterocycles. The van der Waals surface area contributed by atoms with Crippen molar-refractivity contribution in [1.29, 1.82) is 0 Å². The molecular formula is C9H12N2O4S. The fourth-order valence-corrected chi connectivity index (χ4v) is 1.72. The van der Waals surface area contributed by atoms with Gasteiger partial charge in [0, 0.05) is 13.1 Å². The third-order valence-corrected chi connectivity index (χ3v) is 2.55. The van der Waals surface area contributed by atoms with Crippen molar-refractivity contribution >= 4 is 35.1 Å². The van der Waals surface area contributed by atoms with Gasteiger partial charge in [0.2, 0.25) is 5.91 Å². The minimum atomic E-state index is -0.594. The van der Waals surface area contributed by atoms with E-state index in [0.717, 1.165) is 0 Å². The van der Waals surface area contributed by atoms with Crippen LogP contribution in [0, 0.1) is 0 Å². The minimum absolute atomic E-state index is 0.0955. The van der Waals surface area contributed by atoms with E-state index in [4.69, 9.17) is 12.2 Å². The van der Waals surface area contributed by atoms with E-state index in [1.54, 1.807) is 0 Å². The molecule has 1 fully saturated rings. The lowest BCUT2D eigenvalue weighted by molar-refractivity contribution is -0.131. The average Bonchev–Trinajstić information content (AvgIpc) is 2.58. The highest BCUT2D eigenvalue weighted by Gasteiger charge is 2.34. The number of hydrogen-bond donors (Lipinski definition) is 0. The summed E-state index contributed by atoms with van der Waals surface area (Å²) in [4.78, 5) is 36.0. The highest BCUT2D eigenvalue weighted by Crippen LogP contribution is 2.12. The van der Waals surface area contributed by atoms with Gasteiger partial charge in [0.25, 0.3) is 0 Å². The lowest BCUT2D eigenvalue weighted by Crippen LogP contribution is -2.39. The van der Waals surface area contributed by atoms with Gasteiger partial charge in [-0.25, -0.2) is 4.79 Å². The quantitative estimate of drug-likeness (QED) is 0.511. The van der Waals surface area contributed by atoms with Crippen molar-refractivity contribution in [2.75, 3.05) is 20.2 Å². The topological polar surface area (TPSA) is 66.9 Å². The molecule has 0 N–H and O–H groups in total. The molecule has 0 aromatic rings. The van der Waals surface area contributed by atoms with Crippen LogP contribution in [0.2, 0.25) is 0 Å². The van der Waals surface area contributed by atoms with Crippen LogP contribution in [0.15, 0.2) is 0 Å². The molecule has 0 bridgehead atoms. The first-order valence-corrected chi connectivity index (χ1v) is 5.07. The van der Waals surface area contributed by atoms with Gasteiger partial charge in [0.15, 0.2) is 5.11 Å². The number of ether oxygens (including phenoxy) is 1. The third kappa shape index (κ3) is 2.54. The first-order valence-electron chi connectivity index (χ1n) is 4.66. The number of carbonyl (C=O) groups is 3. The Balaban J connectivity index is 2.67. The Bertz CT molecular complexity index is 355. The Morgan fingerprint density at radius 1 is 1.31 bits per heavy atom. The van der Waals surface area contributed by atoms with Crippen molar-refractivity contribution in [2.45, 2.75) is 13.3 Å². The van der Waals surface area contributed by atoms with E-state index in [1.165, 1.54) is 23.8 Å². The summed E-state index contributed by atoms with van der Waals surface area (Å²) in [5.41, 5.74) is 0. The second kappa shape index (κ2) is 5.02. The van der Waals surface area contributed by atoms with Crippen LogP contribution in [-0.4, -0.2) is 52.9 Å². The smallest absolute Gasteiger partial charge is 0.415 e. The van der Waals surface area contributed by atoms with Crippen molar-refractivity contribution in [2.24, 2.45) is 0 Å². The Morgan fingerprint density at radius 3 is 2.38 bits per heavy atom. The zero-order valence-corrected chi connectivity index (χ0v) is 9.87. The highest BCUT2D eigenvalue weighted by molar-refractivity contribution is 7.80. The molecule has 0 unspecified atom stereocenters. The van der Waals surface area contributed by atoms with Gasteiger partial charge >= 0.3 is 6.09 Å². The highest BCUT2D eigenvalue weighted by atomic mass is 32.1. The molecule has 16 heavy (non-hydrogen) atoms. The Kier molecular flexibility index (Phi) is 3.94. The van der Waals surface area contributed by atoms with E-state index in [-0.39, 0.29) is 23.2 Å². The predicted molar refractivity (Wildman–Crippen MR) is 58.7 cm³/mol. The first kappa shape index (κ1) is 12.6. The first-order chi connectivity index (χ1) is 7.47. The van der Waals surface area contributed by atoms with Crippen molar-refractivity contribution in [3.8, 4) is 0 Å². The van der Waals surface area contributed by atoms with E-state index in [0.29, 0.717) is 13.1 Å². The summed E-state index contributed by atoms with van der Waals surface area (Å²) in [6.07, 6.45) is -0.794. The number of nitrogens with zero attached hydrogens (tertiary/aromatic N) is 2. The molecule has 7 heteroatoms. The maximum Gasteiger partial charge on any atom is 0.415 e. The predicted octanol–water partition coefficient (Wildman–Crippen LogP) is 0.161. The van der Waals surface area contributed by atoms with Crippen LogP contribution in [0.5, 0.6) is 0 Å². The zero-order valence-electron chi connectivity index (χ0n) is 9.06. The fraction of sp³-hybridized carbons (Fsp3) is 0.556. The number of methoxy groups -OCH3 is 1. The molecular weight excluding hydrogens is 232 g/mol. The standard InChI is InChI=1S/C9H12N2O4S/c1-6(12)5-7(13)10-3-4-11(8(10)16)9(14)15-2/h3-5H2,1-2H3. The molecule has 88 valence electrons. The van der Waals surface area contributed by atoms with Gasteiger partial charge in [-0.15, -0.1) is 0 Å². The van der Waals surface area contributed by atoms with E-state index >= 15 is 0 Å². The van der Waals surface area contributed by atoms with Crippen LogP contribution < -0.4 is 0 Å². The third-order valence-electron chi connectivity index (χ3n) is 2.11. The lowest BCUT2D eigenvalue weighted by Gasteiger charge is -2.17. The number of rotatable bonds is 2. The Morgan fingerprint density at radius 2 is 1.88 bits per heavy atom. The lowest BCUT2D eigenvalue weighted by atomic mass is 10.3. The van der Waals surface area contributed by atoms with Crippen molar-refractivity contribution in [1.82, 2.24) is 9.80 Å². The van der Waals surface area contributed by atoms with Gasteiger partial charge in [-0.3, -0.25) is 19.4 Å². The summed E-state index contributed by atoms with van der Waals surface area (Å²) in [6.45, 7) is 1.93. The summed E-state index contributed by atoms with van der Waals surface area (Å²) in [5, 5.41) is 0.0955. The Labute approximate surface area is 98.1 Å². The Hall–Kier alpha value is -1.50. The summed E-state index contributed by atoms with van der Waals surface area (Å²) in [6, 6.07) is 0. The van der Waals surface area contributed by atoms with Crippen LogP contribution in [0.3, 0.4) is 0 Å². The summed E-state index contributed by atoms with van der Waals surface area (Å²) in [5.74, 6) is -0.617. The van der Waals surface area contributed by atoms with Gasteiger partial charge in [0.1, 0.15) is 5.78 Å². The minimum Gasteiger partial charge on any atom is -0.452 e. The summed E-state index contributed by atoms with van der Waals surface area (Å²) < 4.78 is 4.51. The van der Waals surface area contributed by atoms with Crippen LogP contribution in [0.4, 0.5) is 4.79 Å². The molecule has 0 aromatic carbocycles. The van der Waals surface area contributed by atoms with E-state index in [1.807, 2.05) is 0 Å². The van der Waals surface area contributed by atoms with Crippen LogP contribution in [0.25, 0.3) is 0 Å². The zero-order chi connectivity index (χ0) is 12.3. The largest absolute Gasteiger partial charge is 0.452 e. The fourth-order valence-electron chi connectivity index (χ4n) is 1.36. The maximum absolute atomic E-state index is 11.6. The number of thiocarbonyl (C=S) groups is 1. The van der Waals surface area contributed by atoms with E-state index in [2.05, 4.69) is 4.74 Å². The molecule has 2 amide bonds. The van der Waals surface area contributed by atoms with Crippen LogP contribution in [0.1, 0.15) is 13.3 Å². The van der Waals surface area contributed by atoms with Crippen LogP contribution >= 0.6 is 12.2 Å². The average molecular weight is 244 g/mol. The van der Waals surface area contributed by atoms with Crippen molar-refractivity contribution in [3.63, 3.8) is 0 Å². The molecule has 0 spiro atoms. The molecule has 1 aliphatic heterocycles. The number of amides is 2. The monoisotopic (exact) mass is 244 g/mol. The molecule has 0 radical (unpaired) electrons. The van der Waals surface area contributed by atoms with Crippen molar-refractivity contribution in [3.05, 3.63) is 0 Å². The molecule has 1 aliphatic rings. The SMILES string of the molecule is COC(=O)N1CCN(C(=O)CC(C)=O)C1=S. The molecule has 0 atom stereocenters. The van der Waals surface area contributed by atoms with E-state index < -0.39 is 6.09 Å². The molecule has 1 saturated heterocycles. The van der Waals surface area contributed by atoms with Gasteiger partial charge in [-0.1, -0.05) is 0 Å². The molecule has 0 aliphatic carbocycles. The summed E-state index contributed by atoms with van der Waals surface area (Å²) >= 11 is 4.95. The normalized spacial score (nSPS) is 15.2. The molecule has 1 rings (SSSR count). The molecule has 6 nitrogen and oxygen atoms in total. The van der Waals surface area contributed by atoms with Gasteiger partial charge in [-0.05, 0) is 19.1 Å². The second-order valence-corrected chi connectivity index (χ2v) is 3.69. The van der Waals surface area contributed by atoms with Gasteiger partial charge < -0.3 is 4.74 Å². The molecule has 0 saturated carbocycles. The number of Topliss-reactive ketones (excluding diaryl/α,β-unsaturated/α-hetero) is 1. The maximum atomic E-state index is 11.6. The second-order valence-electron chi connectivity index (χ2n) is 3.33. The van der Waals surface area contributed by atoms with Crippen molar-refractivity contribution < 1.29 is 19.1 Å². The summed E-state index contributed by atoms with van der Waals surface area (Å²) in [7, 11) is 1.24. The van der Waals surface area contributed by atoms with Crippen LogP contribution in [-0.2, 0) is 14.3 Å². The molecule has 1 heterocycles. The van der Waals surface area contributed by atoms with Gasteiger partial charge in [-0.2, -0.15) is 0 Å². The number of hydrogen-bond acceptors (Lipinski definition) is 5. The number of ketones is 1. The van der Waals surface area contributed by atoms with E-state index in [9.17, 15) is 14.4 Å². The number of carbonyl (C=O) groups excluding carboxylic acids is 3.